The van der Waals surface area contributed by atoms with Crippen molar-refractivity contribution in [2.24, 2.45) is 5.73 Å². The van der Waals surface area contributed by atoms with Crippen LogP contribution in [0.3, 0.4) is 0 Å². The zero-order chi connectivity index (χ0) is 11.0. The van der Waals surface area contributed by atoms with Crippen molar-refractivity contribution in [1.29, 1.82) is 0 Å². The molecular weight excluding hydrogens is 206 g/mol. The Morgan fingerprint density at radius 1 is 1.14 bits per heavy atom. The van der Waals surface area contributed by atoms with Crippen molar-refractivity contribution in [3.8, 4) is 12.0 Å². The second-order valence-corrected chi connectivity index (χ2v) is 2.98. The van der Waals surface area contributed by atoms with E-state index in [2.05, 4.69) is 12.0 Å². The van der Waals surface area contributed by atoms with Crippen molar-refractivity contribution in [1.82, 2.24) is 0 Å². The standard InChI is InChI=1S/C8H7N.H2O4S/c9-7-6-8-4-2-1-3-5-8;1-5(2,3)4/h1-5H,9H2;(H2,1,2,3,4). The molecule has 0 bridgehead atoms. The molecule has 5 nitrogen and oxygen atoms in total. The monoisotopic (exact) mass is 215 g/mol. The summed E-state index contributed by atoms with van der Waals surface area (Å²) in [4.78, 5) is 0. The highest BCUT2D eigenvalue weighted by Gasteiger charge is 1.84. The number of rotatable bonds is 0. The van der Waals surface area contributed by atoms with Gasteiger partial charge in [-0.3, -0.25) is 9.11 Å². The minimum atomic E-state index is -4.67. The third-order valence-corrected chi connectivity index (χ3v) is 0.990. The van der Waals surface area contributed by atoms with Gasteiger partial charge in [-0.15, -0.1) is 0 Å². The van der Waals surface area contributed by atoms with Gasteiger partial charge in [0.1, 0.15) is 0 Å². The van der Waals surface area contributed by atoms with E-state index in [0.717, 1.165) is 5.56 Å². The van der Waals surface area contributed by atoms with Crippen molar-refractivity contribution < 1.29 is 17.5 Å². The predicted octanol–water partition coefficient (Wildman–Crippen LogP) is 0.301. The average molecular weight is 215 g/mol. The van der Waals surface area contributed by atoms with Crippen LogP contribution in [0.25, 0.3) is 0 Å². The smallest absolute Gasteiger partial charge is 0.359 e. The van der Waals surface area contributed by atoms with Gasteiger partial charge in [-0.2, -0.15) is 8.42 Å². The molecule has 0 atom stereocenters. The summed E-state index contributed by atoms with van der Waals surface area (Å²) in [5.74, 6) is 2.74. The summed E-state index contributed by atoms with van der Waals surface area (Å²) in [6.45, 7) is 0. The third kappa shape index (κ3) is 10.4. The van der Waals surface area contributed by atoms with E-state index in [1.165, 1.54) is 0 Å². The van der Waals surface area contributed by atoms with Crippen molar-refractivity contribution in [3.05, 3.63) is 35.9 Å². The van der Waals surface area contributed by atoms with E-state index >= 15 is 0 Å². The molecule has 14 heavy (non-hydrogen) atoms. The van der Waals surface area contributed by atoms with Crippen LogP contribution in [0.5, 0.6) is 0 Å². The normalized spacial score (nSPS) is 9.00. The van der Waals surface area contributed by atoms with Gasteiger partial charge in [0.15, 0.2) is 0 Å². The molecule has 0 aromatic heterocycles. The SMILES string of the molecule is NC#Cc1ccccc1.O=S(=O)(O)O. The van der Waals surface area contributed by atoms with E-state index in [-0.39, 0.29) is 0 Å². The Hall–Kier alpha value is -1.55. The first-order chi connectivity index (χ1) is 6.43. The molecule has 1 aromatic rings. The molecule has 6 heteroatoms. The Bertz CT molecular complexity index is 408. The molecular formula is C8H9NO4S. The van der Waals surface area contributed by atoms with Crippen LogP contribution in [0.1, 0.15) is 5.56 Å². The zero-order valence-corrected chi connectivity index (χ0v) is 7.90. The first-order valence-electron chi connectivity index (χ1n) is 3.40. The van der Waals surface area contributed by atoms with Crippen LogP contribution in [0.4, 0.5) is 0 Å². The zero-order valence-electron chi connectivity index (χ0n) is 7.08. The Morgan fingerprint density at radius 2 is 1.57 bits per heavy atom. The van der Waals surface area contributed by atoms with Crippen LogP contribution < -0.4 is 5.73 Å². The van der Waals surface area contributed by atoms with Gasteiger partial charge in [-0.1, -0.05) is 18.2 Å². The highest BCUT2D eigenvalue weighted by molar-refractivity contribution is 7.79. The number of nitrogens with two attached hydrogens (primary N) is 1. The van der Waals surface area contributed by atoms with Crippen LogP contribution in [-0.4, -0.2) is 17.5 Å². The van der Waals surface area contributed by atoms with Gasteiger partial charge in [-0.05, 0) is 18.1 Å². The van der Waals surface area contributed by atoms with Crippen molar-refractivity contribution >= 4 is 10.4 Å². The van der Waals surface area contributed by atoms with E-state index in [9.17, 15) is 0 Å². The fourth-order valence-corrected chi connectivity index (χ4v) is 0.605. The molecule has 0 spiro atoms. The average Bonchev–Trinajstić information content (AvgIpc) is 2.03. The molecule has 4 N–H and O–H groups in total. The van der Waals surface area contributed by atoms with Gasteiger partial charge in [0.25, 0.3) is 0 Å². The Morgan fingerprint density at radius 3 is 1.93 bits per heavy atom. The molecule has 1 aromatic carbocycles. The molecule has 0 aliphatic rings. The Kier molecular flexibility index (Phi) is 5.33. The molecule has 0 aliphatic heterocycles. The lowest BCUT2D eigenvalue weighted by molar-refractivity contribution is 0.381. The number of hydrogen-bond acceptors (Lipinski definition) is 3. The molecule has 0 fully saturated rings. The van der Waals surface area contributed by atoms with Crippen LogP contribution in [-0.2, 0) is 10.4 Å². The highest BCUT2D eigenvalue weighted by atomic mass is 32.3. The minimum absolute atomic E-state index is 0.958. The maximum absolute atomic E-state index is 8.74. The highest BCUT2D eigenvalue weighted by Crippen LogP contribution is 1.93. The molecule has 0 unspecified atom stereocenters. The van der Waals surface area contributed by atoms with E-state index < -0.39 is 10.4 Å². The van der Waals surface area contributed by atoms with Gasteiger partial charge < -0.3 is 5.73 Å². The van der Waals surface area contributed by atoms with Crippen LogP contribution in [0, 0.1) is 12.0 Å². The quantitative estimate of drug-likeness (QED) is 0.328. The summed E-state index contributed by atoms with van der Waals surface area (Å²) in [7, 11) is -4.67. The maximum atomic E-state index is 8.74. The van der Waals surface area contributed by atoms with Gasteiger partial charge in [0, 0.05) is 11.6 Å². The minimum Gasteiger partial charge on any atom is -0.359 e. The summed E-state index contributed by atoms with van der Waals surface area (Å²) >= 11 is 0. The Labute approximate surface area is 82.1 Å². The topological polar surface area (TPSA) is 101 Å². The van der Waals surface area contributed by atoms with Gasteiger partial charge >= 0.3 is 10.4 Å². The second kappa shape index (κ2) is 5.99. The van der Waals surface area contributed by atoms with E-state index in [1.807, 2.05) is 30.3 Å². The largest absolute Gasteiger partial charge is 0.394 e. The summed E-state index contributed by atoms with van der Waals surface area (Å²) in [6, 6.07) is 12.0. The lowest BCUT2D eigenvalue weighted by Gasteiger charge is -1.83. The van der Waals surface area contributed by atoms with E-state index in [0.29, 0.717) is 0 Å². The lowest BCUT2D eigenvalue weighted by Crippen LogP contribution is -1.89. The molecule has 0 saturated heterocycles. The molecule has 0 heterocycles. The maximum Gasteiger partial charge on any atom is 0.394 e. The fraction of sp³-hybridized carbons (Fsp3) is 0. The van der Waals surface area contributed by atoms with Crippen molar-refractivity contribution in [2.75, 3.05) is 0 Å². The Balaban J connectivity index is 0.000000292. The molecule has 1 rings (SSSR count). The number of hydrogen-bond donors (Lipinski definition) is 3. The molecule has 0 amide bonds. The first kappa shape index (κ1) is 12.4. The van der Waals surface area contributed by atoms with Crippen LogP contribution >= 0.6 is 0 Å². The number of benzene rings is 1. The van der Waals surface area contributed by atoms with Crippen molar-refractivity contribution in [3.63, 3.8) is 0 Å². The van der Waals surface area contributed by atoms with Gasteiger partial charge in [0.2, 0.25) is 0 Å². The van der Waals surface area contributed by atoms with Crippen LogP contribution in [0.15, 0.2) is 30.3 Å². The third-order valence-electron chi connectivity index (χ3n) is 0.990. The first-order valence-corrected chi connectivity index (χ1v) is 4.79. The van der Waals surface area contributed by atoms with E-state index in [1.54, 1.807) is 0 Å². The molecule has 0 saturated carbocycles. The molecule has 0 radical (unpaired) electrons. The fourth-order valence-electron chi connectivity index (χ4n) is 0.605. The summed E-state index contributed by atoms with van der Waals surface area (Å²) in [5, 5.41) is 0. The lowest BCUT2D eigenvalue weighted by atomic mass is 10.2. The van der Waals surface area contributed by atoms with E-state index in [4.69, 9.17) is 23.3 Å². The summed E-state index contributed by atoms with van der Waals surface area (Å²) in [5.41, 5.74) is 5.96. The molecule has 76 valence electrons. The predicted molar refractivity (Wildman–Crippen MR) is 51.7 cm³/mol. The van der Waals surface area contributed by atoms with Gasteiger partial charge in [-0.25, -0.2) is 0 Å². The van der Waals surface area contributed by atoms with Crippen molar-refractivity contribution in [2.45, 2.75) is 0 Å². The van der Waals surface area contributed by atoms with Gasteiger partial charge in [0.05, 0.1) is 0 Å². The summed E-state index contributed by atoms with van der Waals surface area (Å²) < 4.78 is 31.6. The second-order valence-electron chi connectivity index (χ2n) is 2.08. The molecule has 0 aliphatic carbocycles. The summed E-state index contributed by atoms with van der Waals surface area (Å²) in [6.07, 6.45) is 0. The van der Waals surface area contributed by atoms with Crippen LogP contribution in [0.2, 0.25) is 0 Å².